The van der Waals surface area contributed by atoms with Gasteiger partial charge in [0.05, 0.1) is 6.04 Å². The van der Waals surface area contributed by atoms with E-state index in [1.54, 1.807) is 0 Å². The van der Waals surface area contributed by atoms with Crippen LogP contribution in [0, 0.1) is 5.92 Å². The van der Waals surface area contributed by atoms with Crippen LogP contribution in [0.1, 0.15) is 38.9 Å². The van der Waals surface area contributed by atoms with Crippen molar-refractivity contribution in [1.29, 1.82) is 0 Å². The molecule has 0 amide bonds. The Morgan fingerprint density at radius 3 is 2.50 bits per heavy atom. The van der Waals surface area contributed by atoms with Gasteiger partial charge in [0, 0.05) is 12.7 Å². The molecule has 0 spiro atoms. The smallest absolute Gasteiger partial charge is 0.315 e. The Morgan fingerprint density at radius 2 is 2.06 bits per heavy atom. The molecule has 0 aliphatic heterocycles. The molecule has 1 unspecified atom stereocenters. The summed E-state index contributed by atoms with van der Waals surface area (Å²) in [4.78, 5) is 0. The van der Waals surface area contributed by atoms with Crippen LogP contribution in [0.3, 0.4) is 0 Å². The van der Waals surface area contributed by atoms with Crippen molar-refractivity contribution in [3.05, 3.63) is 18.0 Å². The van der Waals surface area contributed by atoms with Gasteiger partial charge < -0.3 is 5.32 Å². The SMILES string of the molecule is CCCNCC(C(C)C)n1ccc(C(F)(F)F)n1. The van der Waals surface area contributed by atoms with E-state index in [0.29, 0.717) is 6.54 Å². The van der Waals surface area contributed by atoms with Crippen LogP contribution < -0.4 is 5.32 Å². The van der Waals surface area contributed by atoms with Crippen molar-refractivity contribution >= 4 is 0 Å². The van der Waals surface area contributed by atoms with Crippen LogP contribution in [-0.4, -0.2) is 22.9 Å². The second-order valence-electron chi connectivity index (χ2n) is 4.69. The number of hydrogen-bond acceptors (Lipinski definition) is 2. The highest BCUT2D eigenvalue weighted by Gasteiger charge is 2.34. The third-order valence-corrected chi connectivity index (χ3v) is 2.79. The largest absolute Gasteiger partial charge is 0.435 e. The molecule has 6 heteroatoms. The van der Waals surface area contributed by atoms with E-state index in [0.717, 1.165) is 19.0 Å². The predicted molar refractivity (Wildman–Crippen MR) is 64.3 cm³/mol. The molecule has 3 nitrogen and oxygen atoms in total. The first-order valence-corrected chi connectivity index (χ1v) is 6.19. The zero-order valence-corrected chi connectivity index (χ0v) is 11.0. The average Bonchev–Trinajstić information content (AvgIpc) is 2.72. The molecule has 0 fully saturated rings. The topological polar surface area (TPSA) is 29.9 Å². The zero-order valence-electron chi connectivity index (χ0n) is 11.0. The van der Waals surface area contributed by atoms with Crippen LogP contribution in [0.5, 0.6) is 0 Å². The second kappa shape index (κ2) is 6.22. The standard InChI is InChI=1S/C12H20F3N3/c1-4-6-16-8-10(9(2)3)18-7-5-11(17-18)12(13,14)15/h5,7,9-10,16H,4,6,8H2,1-3H3. The molecular formula is C12H20F3N3. The summed E-state index contributed by atoms with van der Waals surface area (Å²) in [5.74, 6) is 0.218. The molecule has 0 saturated heterocycles. The monoisotopic (exact) mass is 263 g/mol. The quantitative estimate of drug-likeness (QED) is 0.799. The van der Waals surface area contributed by atoms with Gasteiger partial charge in [-0.05, 0) is 24.9 Å². The molecule has 1 heterocycles. The third-order valence-electron chi connectivity index (χ3n) is 2.79. The van der Waals surface area contributed by atoms with Crippen LogP contribution in [0.25, 0.3) is 0 Å². The Bertz CT molecular complexity index is 358. The number of nitrogens with zero attached hydrogens (tertiary/aromatic N) is 2. The van der Waals surface area contributed by atoms with Gasteiger partial charge in [0.2, 0.25) is 0 Å². The molecule has 0 saturated carbocycles. The van der Waals surface area contributed by atoms with Crippen molar-refractivity contribution in [2.45, 2.75) is 39.4 Å². The van der Waals surface area contributed by atoms with Crippen molar-refractivity contribution < 1.29 is 13.2 Å². The van der Waals surface area contributed by atoms with E-state index in [1.807, 2.05) is 20.8 Å². The fourth-order valence-corrected chi connectivity index (χ4v) is 1.74. The summed E-state index contributed by atoms with van der Waals surface area (Å²) >= 11 is 0. The lowest BCUT2D eigenvalue weighted by Gasteiger charge is -2.22. The van der Waals surface area contributed by atoms with Crippen LogP contribution in [0.15, 0.2) is 12.3 Å². The molecule has 1 aromatic heterocycles. The van der Waals surface area contributed by atoms with Crippen LogP contribution in [-0.2, 0) is 6.18 Å². The summed E-state index contributed by atoms with van der Waals surface area (Å²) in [6.07, 6.45) is -1.97. The van der Waals surface area contributed by atoms with Gasteiger partial charge in [-0.1, -0.05) is 20.8 Å². The van der Waals surface area contributed by atoms with Gasteiger partial charge in [0.15, 0.2) is 5.69 Å². The summed E-state index contributed by atoms with van der Waals surface area (Å²) in [6.45, 7) is 7.49. The molecule has 18 heavy (non-hydrogen) atoms. The Morgan fingerprint density at radius 1 is 1.39 bits per heavy atom. The molecular weight excluding hydrogens is 243 g/mol. The molecule has 0 radical (unpaired) electrons. The molecule has 0 aliphatic carbocycles. The molecule has 104 valence electrons. The van der Waals surface area contributed by atoms with Crippen molar-refractivity contribution in [1.82, 2.24) is 15.1 Å². The maximum Gasteiger partial charge on any atom is 0.435 e. The lowest BCUT2D eigenvalue weighted by atomic mass is 10.0. The van der Waals surface area contributed by atoms with E-state index in [-0.39, 0.29) is 12.0 Å². The fourth-order valence-electron chi connectivity index (χ4n) is 1.74. The van der Waals surface area contributed by atoms with E-state index in [1.165, 1.54) is 10.9 Å². The maximum atomic E-state index is 12.5. The van der Waals surface area contributed by atoms with Gasteiger partial charge >= 0.3 is 6.18 Å². The number of nitrogens with one attached hydrogen (secondary N) is 1. The van der Waals surface area contributed by atoms with Gasteiger partial charge in [-0.2, -0.15) is 18.3 Å². The van der Waals surface area contributed by atoms with Gasteiger partial charge in [-0.3, -0.25) is 4.68 Å². The predicted octanol–water partition coefficient (Wildman–Crippen LogP) is 3.10. The Kier molecular flexibility index (Phi) is 5.19. The minimum Gasteiger partial charge on any atom is -0.315 e. The average molecular weight is 263 g/mol. The van der Waals surface area contributed by atoms with Gasteiger partial charge in [0.1, 0.15) is 0 Å². The molecule has 0 bridgehead atoms. The molecule has 1 aromatic rings. The summed E-state index contributed by atoms with van der Waals surface area (Å²) in [5.41, 5.74) is -0.830. The van der Waals surface area contributed by atoms with Crippen LogP contribution in [0.2, 0.25) is 0 Å². The number of rotatable bonds is 6. The Balaban J connectivity index is 2.77. The van der Waals surface area contributed by atoms with E-state index in [2.05, 4.69) is 10.4 Å². The van der Waals surface area contributed by atoms with Crippen molar-refractivity contribution in [2.24, 2.45) is 5.92 Å². The lowest BCUT2D eigenvalue weighted by molar-refractivity contribution is -0.141. The third kappa shape index (κ3) is 4.01. The molecule has 1 atom stereocenters. The van der Waals surface area contributed by atoms with Crippen LogP contribution in [0.4, 0.5) is 13.2 Å². The van der Waals surface area contributed by atoms with E-state index >= 15 is 0 Å². The maximum absolute atomic E-state index is 12.5. The number of aromatic nitrogens is 2. The first-order chi connectivity index (χ1) is 8.36. The van der Waals surface area contributed by atoms with Gasteiger partial charge in [-0.25, -0.2) is 0 Å². The number of alkyl halides is 3. The second-order valence-corrected chi connectivity index (χ2v) is 4.69. The van der Waals surface area contributed by atoms with Crippen LogP contribution >= 0.6 is 0 Å². The van der Waals surface area contributed by atoms with Crippen molar-refractivity contribution in [2.75, 3.05) is 13.1 Å². The minimum atomic E-state index is -4.37. The normalized spacial score (nSPS) is 14.2. The van der Waals surface area contributed by atoms with E-state index < -0.39 is 11.9 Å². The van der Waals surface area contributed by atoms with Crippen molar-refractivity contribution in [3.8, 4) is 0 Å². The van der Waals surface area contributed by atoms with Gasteiger partial charge in [0.25, 0.3) is 0 Å². The highest BCUT2D eigenvalue weighted by molar-refractivity contribution is 5.04. The Labute approximate surface area is 105 Å². The van der Waals surface area contributed by atoms with E-state index in [9.17, 15) is 13.2 Å². The fraction of sp³-hybridized carbons (Fsp3) is 0.750. The summed E-state index contributed by atoms with van der Waals surface area (Å²) < 4.78 is 38.9. The molecule has 0 aliphatic rings. The number of halogens is 3. The highest BCUT2D eigenvalue weighted by Crippen LogP contribution is 2.28. The zero-order chi connectivity index (χ0) is 13.8. The number of hydrogen-bond donors (Lipinski definition) is 1. The van der Waals surface area contributed by atoms with E-state index in [4.69, 9.17) is 0 Å². The molecule has 0 aromatic carbocycles. The summed E-state index contributed by atoms with van der Waals surface area (Å²) in [5, 5.41) is 6.85. The minimum absolute atomic E-state index is 0.0624. The lowest BCUT2D eigenvalue weighted by Crippen LogP contribution is -2.30. The molecule has 1 rings (SSSR count). The molecule has 1 N–H and O–H groups in total. The first kappa shape index (κ1) is 15.0. The highest BCUT2D eigenvalue weighted by atomic mass is 19.4. The first-order valence-electron chi connectivity index (χ1n) is 6.19. The van der Waals surface area contributed by atoms with Gasteiger partial charge in [-0.15, -0.1) is 0 Å². The van der Waals surface area contributed by atoms with Crippen molar-refractivity contribution in [3.63, 3.8) is 0 Å². The summed E-state index contributed by atoms with van der Waals surface area (Å²) in [6, 6.07) is 0.961. The summed E-state index contributed by atoms with van der Waals surface area (Å²) in [7, 11) is 0. The Hall–Kier alpha value is -1.04.